The summed E-state index contributed by atoms with van der Waals surface area (Å²) < 4.78 is 12.4. The van der Waals surface area contributed by atoms with E-state index in [2.05, 4.69) is 15.4 Å². The Labute approximate surface area is 237 Å². The molecular formula is C29H45N5O6. The first-order valence-electron chi connectivity index (χ1n) is 13.7. The van der Waals surface area contributed by atoms with Gasteiger partial charge in [-0.15, -0.1) is 4.99 Å². The molecule has 1 aromatic rings. The zero-order valence-electron chi connectivity index (χ0n) is 25.6. The molecule has 11 nitrogen and oxygen atoms in total. The highest BCUT2D eigenvalue weighted by molar-refractivity contribution is 6.22. The molecule has 0 radical (unpaired) electrons. The highest BCUT2D eigenvalue weighted by Gasteiger charge is 2.37. The maximum atomic E-state index is 13.5. The Balaban J connectivity index is 2.53. The Hall–Kier alpha value is -3.50. The first-order chi connectivity index (χ1) is 18.3. The van der Waals surface area contributed by atoms with Gasteiger partial charge in [-0.1, -0.05) is 27.2 Å². The van der Waals surface area contributed by atoms with E-state index in [9.17, 15) is 19.2 Å². The molecule has 1 aliphatic carbocycles. The third kappa shape index (κ3) is 9.91. The summed E-state index contributed by atoms with van der Waals surface area (Å²) in [5.41, 5.74) is -1.41. The van der Waals surface area contributed by atoms with Crippen molar-refractivity contribution in [2.24, 2.45) is 10.4 Å². The number of carbonyl (C=O) groups excluding carboxylic acids is 4. The predicted octanol–water partition coefficient (Wildman–Crippen LogP) is 5.25. The van der Waals surface area contributed by atoms with Crippen LogP contribution in [0.5, 0.6) is 0 Å². The van der Waals surface area contributed by atoms with Crippen molar-refractivity contribution in [2.75, 3.05) is 6.54 Å². The molecular weight excluding hydrogens is 514 g/mol. The zero-order chi connectivity index (χ0) is 30.5. The number of nitrogens with zero attached hydrogens (tertiary/aromatic N) is 4. The highest BCUT2D eigenvalue weighted by atomic mass is 16.6. The average Bonchev–Trinajstić information content (AvgIpc) is 3.26. The molecule has 0 aliphatic heterocycles. The number of Topliss-reactive ketones (excluding diaryl/α,β-unsaturated/α-hetero) is 2. The van der Waals surface area contributed by atoms with Crippen LogP contribution in [0, 0.1) is 5.41 Å². The number of ketones is 2. The lowest BCUT2D eigenvalue weighted by atomic mass is 9.73. The minimum absolute atomic E-state index is 0.00272. The minimum atomic E-state index is -0.897. The number of aliphatic imine (C=N–C) groups is 1. The van der Waals surface area contributed by atoms with Gasteiger partial charge in [0.1, 0.15) is 11.2 Å². The van der Waals surface area contributed by atoms with Crippen LogP contribution < -0.4 is 5.32 Å². The topological polar surface area (TPSA) is 132 Å². The third-order valence-corrected chi connectivity index (χ3v) is 5.82. The van der Waals surface area contributed by atoms with E-state index in [-0.39, 0.29) is 47.9 Å². The third-order valence-electron chi connectivity index (χ3n) is 5.82. The lowest BCUT2D eigenvalue weighted by Gasteiger charge is -2.33. The fraction of sp³-hybridized carbons (Fsp3) is 0.655. The number of amides is 2. The van der Waals surface area contributed by atoms with Crippen LogP contribution in [0.25, 0.3) is 0 Å². The van der Waals surface area contributed by atoms with Crippen LogP contribution in [0.15, 0.2) is 34.7 Å². The van der Waals surface area contributed by atoms with Crippen molar-refractivity contribution in [2.45, 2.75) is 112 Å². The van der Waals surface area contributed by atoms with Gasteiger partial charge in [-0.05, 0) is 66.4 Å². The van der Waals surface area contributed by atoms with Crippen LogP contribution >= 0.6 is 0 Å². The van der Waals surface area contributed by atoms with Gasteiger partial charge in [0.2, 0.25) is 5.96 Å². The summed E-state index contributed by atoms with van der Waals surface area (Å²) in [5, 5.41) is 7.50. The largest absolute Gasteiger partial charge is 0.443 e. The van der Waals surface area contributed by atoms with E-state index in [1.807, 2.05) is 20.8 Å². The van der Waals surface area contributed by atoms with Crippen molar-refractivity contribution in [3.05, 3.63) is 29.7 Å². The van der Waals surface area contributed by atoms with Gasteiger partial charge in [0.05, 0.1) is 12.1 Å². The molecule has 40 heavy (non-hydrogen) atoms. The maximum absolute atomic E-state index is 13.5. The molecule has 11 heteroatoms. The normalized spacial score (nSPS) is 16.9. The van der Waals surface area contributed by atoms with Gasteiger partial charge >= 0.3 is 12.2 Å². The minimum Gasteiger partial charge on any atom is -0.443 e. The van der Waals surface area contributed by atoms with Crippen molar-refractivity contribution in [3.8, 4) is 0 Å². The van der Waals surface area contributed by atoms with Crippen molar-refractivity contribution in [3.63, 3.8) is 0 Å². The Morgan fingerprint density at radius 1 is 1.10 bits per heavy atom. The Morgan fingerprint density at radius 3 is 2.15 bits per heavy atom. The Kier molecular flexibility index (Phi) is 10.5. The number of allylic oxidation sites excluding steroid dienone is 2. The van der Waals surface area contributed by atoms with Crippen molar-refractivity contribution in [1.82, 2.24) is 20.0 Å². The number of hydrogen-bond donors (Lipinski definition) is 1. The molecule has 1 unspecified atom stereocenters. The second kappa shape index (κ2) is 12.8. The van der Waals surface area contributed by atoms with E-state index in [4.69, 9.17) is 9.47 Å². The van der Waals surface area contributed by atoms with Gasteiger partial charge in [-0.25, -0.2) is 19.2 Å². The highest BCUT2D eigenvalue weighted by Crippen LogP contribution is 2.34. The molecule has 0 saturated heterocycles. The van der Waals surface area contributed by atoms with Crippen LogP contribution in [0.1, 0.15) is 94.9 Å². The fourth-order valence-electron chi connectivity index (χ4n) is 4.38. The van der Waals surface area contributed by atoms with E-state index in [0.29, 0.717) is 12.1 Å². The standard InChI is InChI=1S/C29H45N5O6/c1-11-13-20(31-19(2)23-21(35)16-29(9,10)17-22(23)36)18-33(26(38)40-28(6,7)8)24(34-15-12-14-30-34)32-25(37)39-27(3,4)5/h12,14-15,20,31H,11,13,16-18H2,1-10H3. The molecule has 1 heterocycles. The van der Waals surface area contributed by atoms with Gasteiger partial charge in [0, 0.05) is 37.0 Å². The van der Waals surface area contributed by atoms with Crippen molar-refractivity contribution >= 4 is 29.7 Å². The monoisotopic (exact) mass is 559 g/mol. The number of rotatable bonds is 6. The Bertz CT molecular complexity index is 1130. The number of nitrogens with one attached hydrogen (secondary N) is 1. The summed E-state index contributed by atoms with van der Waals surface area (Å²) >= 11 is 0. The van der Waals surface area contributed by atoms with Gasteiger partial charge < -0.3 is 14.8 Å². The van der Waals surface area contributed by atoms with Gasteiger partial charge in [-0.2, -0.15) is 5.10 Å². The number of carbonyl (C=O) groups is 4. The SMILES string of the molecule is CCCC(CN(C(=O)OC(C)(C)C)C(=NC(=O)OC(C)(C)C)n1cccn1)NC(C)=C1C(=O)CC(C)(C)CC1=O. The molecule has 0 bridgehead atoms. The van der Waals surface area contributed by atoms with E-state index in [1.165, 1.54) is 15.8 Å². The zero-order valence-corrected chi connectivity index (χ0v) is 25.6. The van der Waals surface area contributed by atoms with Crippen LogP contribution in [0.3, 0.4) is 0 Å². The molecule has 2 amide bonds. The summed E-state index contributed by atoms with van der Waals surface area (Å²) in [7, 11) is 0. The van der Waals surface area contributed by atoms with E-state index in [0.717, 1.165) is 6.42 Å². The first kappa shape index (κ1) is 32.7. The van der Waals surface area contributed by atoms with Gasteiger partial charge in [0.15, 0.2) is 11.6 Å². The number of hydrogen-bond acceptors (Lipinski definition) is 8. The predicted molar refractivity (Wildman–Crippen MR) is 152 cm³/mol. The van der Waals surface area contributed by atoms with Crippen LogP contribution in [0.4, 0.5) is 9.59 Å². The quantitative estimate of drug-likeness (QED) is 0.216. The molecule has 1 aromatic heterocycles. The number of ether oxygens (including phenoxy) is 2. The van der Waals surface area contributed by atoms with Crippen LogP contribution in [-0.2, 0) is 19.1 Å². The summed E-state index contributed by atoms with van der Waals surface area (Å²) in [5.74, 6) is -0.503. The molecule has 1 N–H and O–H groups in total. The summed E-state index contributed by atoms with van der Waals surface area (Å²) in [6, 6.07) is 1.22. The molecule has 1 saturated carbocycles. The second-order valence-electron chi connectivity index (χ2n) is 12.9. The van der Waals surface area contributed by atoms with Gasteiger partial charge in [-0.3, -0.25) is 9.59 Å². The van der Waals surface area contributed by atoms with Gasteiger partial charge in [0.25, 0.3) is 0 Å². The lowest BCUT2D eigenvalue weighted by molar-refractivity contribution is -0.127. The second-order valence-corrected chi connectivity index (χ2v) is 12.9. The molecule has 1 aliphatic rings. The average molecular weight is 560 g/mol. The maximum Gasteiger partial charge on any atom is 0.437 e. The molecule has 222 valence electrons. The van der Waals surface area contributed by atoms with Crippen LogP contribution in [-0.4, -0.2) is 68.2 Å². The summed E-state index contributed by atoms with van der Waals surface area (Å²) in [6.07, 6.45) is 3.28. The molecule has 1 atom stereocenters. The summed E-state index contributed by atoms with van der Waals surface area (Å²) in [4.78, 5) is 57.5. The first-order valence-corrected chi connectivity index (χ1v) is 13.7. The molecule has 2 rings (SSSR count). The lowest BCUT2D eigenvalue weighted by Crippen LogP contribution is -2.50. The molecule has 0 spiro atoms. The fourth-order valence-corrected chi connectivity index (χ4v) is 4.38. The van der Waals surface area contributed by atoms with E-state index in [1.54, 1.807) is 60.7 Å². The Morgan fingerprint density at radius 2 is 1.68 bits per heavy atom. The van der Waals surface area contributed by atoms with Crippen LogP contribution in [0.2, 0.25) is 0 Å². The summed E-state index contributed by atoms with van der Waals surface area (Å²) in [6.45, 7) is 17.8. The van der Waals surface area contributed by atoms with E-state index >= 15 is 0 Å². The van der Waals surface area contributed by atoms with E-state index < -0.39 is 29.4 Å². The smallest absolute Gasteiger partial charge is 0.437 e. The number of aromatic nitrogens is 2. The van der Waals surface area contributed by atoms with Crippen molar-refractivity contribution < 1.29 is 28.7 Å². The molecule has 0 aromatic carbocycles. The van der Waals surface area contributed by atoms with Crippen molar-refractivity contribution in [1.29, 1.82) is 0 Å². The molecule has 1 fully saturated rings.